The molecular formula is C64H86Cl7N15O10. The normalized spacial score (nSPS) is 15.0. The van der Waals surface area contributed by atoms with E-state index < -0.39 is 28.9 Å². The largest absolute Gasteiger partial charge is 0.444 e. The van der Waals surface area contributed by atoms with Gasteiger partial charge < -0.3 is 59.6 Å². The van der Waals surface area contributed by atoms with Crippen molar-refractivity contribution in [1.29, 1.82) is 0 Å². The molecule has 0 bridgehead atoms. The monoisotopic (exact) mass is 1470 g/mol. The Labute approximate surface area is 594 Å². The highest BCUT2D eigenvalue weighted by atomic mass is 35.5. The average Bonchev–Trinajstić information content (AvgIpc) is 1.64. The second-order valence-electron chi connectivity index (χ2n) is 28.2. The zero-order valence-electron chi connectivity index (χ0n) is 56.8. The minimum atomic E-state index is -0.641. The van der Waals surface area contributed by atoms with E-state index in [-0.39, 0.29) is 85.1 Å². The van der Waals surface area contributed by atoms with Gasteiger partial charge >= 0.3 is 12.2 Å². The zero-order valence-corrected chi connectivity index (χ0v) is 62.1. The van der Waals surface area contributed by atoms with Crippen LogP contribution in [0.15, 0.2) is 36.4 Å². The summed E-state index contributed by atoms with van der Waals surface area (Å²) in [5, 5.41) is 14.0. The summed E-state index contributed by atoms with van der Waals surface area (Å²) in [4.78, 5) is 122. The van der Waals surface area contributed by atoms with Crippen LogP contribution in [0, 0.1) is 0 Å². The van der Waals surface area contributed by atoms with E-state index in [1.807, 2.05) is 62.3 Å². The molecule has 8 amide bonds. The number of aromatic amines is 1. The Kier molecular flexibility index (Phi) is 26.5. The van der Waals surface area contributed by atoms with Gasteiger partial charge in [0.25, 0.3) is 0 Å². The van der Waals surface area contributed by atoms with Gasteiger partial charge in [0.2, 0.25) is 35.4 Å². The molecule has 0 spiro atoms. The molecule has 0 unspecified atom stereocenters. The molecule has 3 aliphatic heterocycles. The van der Waals surface area contributed by atoms with Crippen LogP contribution < -0.4 is 21.3 Å². The molecule has 6 heterocycles. The van der Waals surface area contributed by atoms with Gasteiger partial charge in [0.05, 0.1) is 89.4 Å². The Hall–Kier alpha value is -6.58. The molecule has 3 aliphatic rings. The van der Waals surface area contributed by atoms with Crippen molar-refractivity contribution in [3.05, 3.63) is 84.0 Å². The maximum absolute atomic E-state index is 12.8. The van der Waals surface area contributed by atoms with Crippen molar-refractivity contribution in [3.8, 4) is 0 Å². The third kappa shape index (κ3) is 23.9. The standard InChI is InChI=1S/C23H31Cl2N5O4.C18H23Cl2N5O2.C17H20Cl2N4O3.C6H12ClNO/c1-22(2,3)27-19(31)12-30-17-10-15(25)14(24)9-16(17)26-18(30)11-28-7-8-29(13-20(28)32)21(33)34-23(4,5)6;1-18(2,3)23-16(26)10-25-14-7-12(20)11(19)6-13(14)22-15(25)9-24-5-4-21-8-17(24)27;1-17(2,3)26-16(25)23-5-4-22(15(24)9-23)8-14-20-12-6-10(18)11(19)7-13(12)21-14;1-6(2,3)8-5(9)4-7/h9-10H,7-8,11-13H2,1-6H3,(H,27,31);6-7,21H,4-5,8-10H2,1-3H3,(H,23,26);6-7H,4-5,8-9H2,1-3H3,(H,20,21);4H2,1-3H3,(H,8,9). The van der Waals surface area contributed by atoms with Crippen LogP contribution in [-0.2, 0) is 71.0 Å². The van der Waals surface area contributed by atoms with E-state index in [0.717, 1.165) is 12.1 Å². The fourth-order valence-electron chi connectivity index (χ4n) is 9.77. The molecule has 6 aromatic rings. The summed E-state index contributed by atoms with van der Waals surface area (Å²) in [6.45, 7) is 31.9. The Balaban J connectivity index is 0.000000215. The number of hydrogen-bond donors (Lipinski definition) is 5. The van der Waals surface area contributed by atoms with E-state index in [4.69, 9.17) is 90.7 Å². The number of nitrogens with one attached hydrogen (secondary N) is 5. The summed E-state index contributed by atoms with van der Waals surface area (Å²) >= 11 is 42.0. The summed E-state index contributed by atoms with van der Waals surface area (Å²) < 4.78 is 14.2. The van der Waals surface area contributed by atoms with Gasteiger partial charge in [0.1, 0.15) is 60.7 Å². The topological polar surface area (TPSA) is 284 Å². The smallest absolute Gasteiger partial charge is 0.410 e. The summed E-state index contributed by atoms with van der Waals surface area (Å²) in [5.74, 6) is 0.998. The lowest BCUT2D eigenvalue weighted by atomic mass is 10.1. The number of rotatable bonds is 11. The van der Waals surface area contributed by atoms with Gasteiger partial charge in [0, 0.05) is 55.9 Å². The lowest BCUT2D eigenvalue weighted by molar-refractivity contribution is -0.137. The highest BCUT2D eigenvalue weighted by Gasteiger charge is 2.34. The molecule has 9 rings (SSSR count). The highest BCUT2D eigenvalue weighted by Crippen LogP contribution is 2.32. The number of alkyl halides is 1. The lowest BCUT2D eigenvalue weighted by Gasteiger charge is -2.35. The van der Waals surface area contributed by atoms with Crippen molar-refractivity contribution in [1.82, 2.24) is 74.8 Å². The first-order valence-corrected chi connectivity index (χ1v) is 33.7. The van der Waals surface area contributed by atoms with Gasteiger partial charge in [-0.3, -0.25) is 38.6 Å². The minimum Gasteiger partial charge on any atom is -0.444 e. The van der Waals surface area contributed by atoms with Crippen molar-refractivity contribution in [2.75, 3.05) is 64.8 Å². The molecule has 0 saturated carbocycles. The van der Waals surface area contributed by atoms with Gasteiger partial charge in [-0.05, 0) is 140 Å². The minimum absolute atomic E-state index is 0.00707. The molecule has 32 heteroatoms. The van der Waals surface area contributed by atoms with Crippen molar-refractivity contribution in [2.45, 2.75) is 164 Å². The zero-order chi connectivity index (χ0) is 71.7. The van der Waals surface area contributed by atoms with E-state index in [9.17, 15) is 38.4 Å². The van der Waals surface area contributed by atoms with Crippen molar-refractivity contribution in [3.63, 3.8) is 0 Å². The fourth-order valence-corrected chi connectivity index (χ4v) is 10.8. The number of fused-ring (bicyclic) bond motifs is 3. The first-order chi connectivity index (χ1) is 44.3. The second kappa shape index (κ2) is 32.4. The molecule has 0 aliphatic carbocycles. The number of benzene rings is 3. The number of carbonyl (C=O) groups excluding carboxylic acids is 8. The predicted octanol–water partition coefficient (Wildman–Crippen LogP) is 10.6. The molecule has 3 aromatic carbocycles. The number of halogens is 7. The van der Waals surface area contributed by atoms with Gasteiger partial charge in [-0.1, -0.05) is 69.6 Å². The van der Waals surface area contributed by atoms with Crippen LogP contribution in [0.4, 0.5) is 9.59 Å². The predicted molar refractivity (Wildman–Crippen MR) is 375 cm³/mol. The Morgan fingerprint density at radius 1 is 0.479 bits per heavy atom. The molecule has 3 aromatic heterocycles. The molecule has 3 fully saturated rings. The number of H-pyrrole nitrogens is 1. The summed E-state index contributed by atoms with van der Waals surface area (Å²) in [6, 6.07) is 10.1. The van der Waals surface area contributed by atoms with Gasteiger partial charge in [-0.15, -0.1) is 11.6 Å². The molecular weight excluding hydrogens is 1390 g/mol. The van der Waals surface area contributed by atoms with Crippen LogP contribution in [0.1, 0.15) is 121 Å². The molecule has 0 atom stereocenters. The van der Waals surface area contributed by atoms with E-state index >= 15 is 0 Å². The van der Waals surface area contributed by atoms with E-state index in [2.05, 4.69) is 41.2 Å². The van der Waals surface area contributed by atoms with E-state index in [1.54, 1.807) is 102 Å². The Bertz CT molecular complexity index is 3820. The van der Waals surface area contributed by atoms with Crippen LogP contribution >= 0.6 is 81.2 Å². The fraction of sp³-hybridized carbons (Fsp3) is 0.547. The summed E-state index contributed by atoms with van der Waals surface area (Å²) in [7, 11) is 0. The third-order valence-corrected chi connectivity index (χ3v) is 16.1. The number of hydrogen-bond acceptors (Lipinski definition) is 14. The average molecular weight is 1470 g/mol. The molecule has 96 heavy (non-hydrogen) atoms. The second-order valence-corrected chi connectivity index (χ2v) is 30.9. The number of piperazine rings is 3. The number of carbonyl (C=O) groups is 8. The van der Waals surface area contributed by atoms with Crippen LogP contribution in [-0.4, -0.2) is 194 Å². The van der Waals surface area contributed by atoms with Crippen molar-refractivity contribution in [2.24, 2.45) is 0 Å². The maximum Gasteiger partial charge on any atom is 0.410 e. The Morgan fingerprint density at radius 3 is 1.23 bits per heavy atom. The molecule has 526 valence electrons. The first kappa shape index (κ1) is 78.4. The molecule has 0 radical (unpaired) electrons. The number of amides is 8. The van der Waals surface area contributed by atoms with Crippen LogP contribution in [0.5, 0.6) is 0 Å². The summed E-state index contributed by atoms with van der Waals surface area (Å²) in [6.07, 6.45) is -0.991. The van der Waals surface area contributed by atoms with Gasteiger partial charge in [0.15, 0.2) is 0 Å². The number of ether oxygens (including phenoxy) is 2. The number of nitrogens with zero attached hydrogens (tertiary/aromatic N) is 10. The van der Waals surface area contributed by atoms with Crippen molar-refractivity contribution < 1.29 is 47.8 Å². The third-order valence-electron chi connectivity index (χ3n) is 13.7. The van der Waals surface area contributed by atoms with E-state index in [1.165, 1.54) is 9.80 Å². The number of aromatic nitrogens is 6. The van der Waals surface area contributed by atoms with Gasteiger partial charge in [-0.2, -0.15) is 0 Å². The van der Waals surface area contributed by atoms with E-state index in [0.29, 0.717) is 128 Å². The molecule has 25 nitrogen and oxygen atoms in total. The first-order valence-electron chi connectivity index (χ1n) is 30.9. The molecule has 3 saturated heterocycles. The van der Waals surface area contributed by atoms with Crippen LogP contribution in [0.3, 0.4) is 0 Å². The SMILES string of the molecule is CC(C)(C)NC(=O)CCl.CC(C)(C)NC(=O)Cn1c(CN2CCN(C(=O)OC(C)(C)C)CC2=O)nc2cc(Cl)c(Cl)cc21.CC(C)(C)NC(=O)Cn1c(CN2CCNCC2=O)nc2cc(Cl)c(Cl)cc21.CC(C)(C)OC(=O)N1CCN(Cc2nc3cc(Cl)c(Cl)cc3[nH]2)C(=O)C1. The Morgan fingerprint density at radius 2 is 0.854 bits per heavy atom. The number of imidazole rings is 3. The quantitative estimate of drug-likeness (QED) is 0.0755. The summed E-state index contributed by atoms with van der Waals surface area (Å²) in [5.41, 5.74) is 1.89. The molecule has 5 N–H and O–H groups in total. The lowest BCUT2D eigenvalue weighted by Crippen LogP contribution is -2.53. The van der Waals surface area contributed by atoms with Gasteiger partial charge in [-0.25, -0.2) is 24.5 Å². The van der Waals surface area contributed by atoms with Crippen LogP contribution in [0.25, 0.3) is 33.1 Å². The maximum atomic E-state index is 12.8. The highest BCUT2D eigenvalue weighted by molar-refractivity contribution is 6.44. The van der Waals surface area contributed by atoms with Crippen molar-refractivity contribution >= 4 is 162 Å². The van der Waals surface area contributed by atoms with Crippen LogP contribution in [0.2, 0.25) is 30.1 Å².